The molecule has 1 N–H and O–H groups in total. The molecule has 6 nitrogen and oxygen atoms in total. The van der Waals surface area contributed by atoms with E-state index in [1.165, 1.54) is 35.4 Å². The lowest BCUT2D eigenvalue weighted by atomic mass is 10.2. The highest BCUT2D eigenvalue weighted by atomic mass is 19.1. The van der Waals surface area contributed by atoms with Crippen LogP contribution in [0.4, 0.5) is 4.39 Å². The number of rotatable bonds is 7. The molecule has 1 amide bonds. The average Bonchev–Trinajstić information content (AvgIpc) is 2.94. The standard InChI is InChI=1S/C17H19FN2O4/c1-11(2)8-20(9-16(22)23)15(21)7-14-10-24-17(19-14)12-3-5-13(18)6-4-12/h3-6,10-11H,7-9H2,1-2H3,(H,22,23). The number of aliphatic carboxylic acids is 1. The summed E-state index contributed by atoms with van der Waals surface area (Å²) in [4.78, 5) is 28.7. The predicted octanol–water partition coefficient (Wildman–Crippen LogP) is 2.59. The monoisotopic (exact) mass is 334 g/mol. The van der Waals surface area contributed by atoms with Crippen LogP contribution in [0, 0.1) is 11.7 Å². The Bertz CT molecular complexity index is 710. The van der Waals surface area contributed by atoms with Gasteiger partial charge in [0.05, 0.1) is 12.1 Å². The van der Waals surface area contributed by atoms with Crippen molar-refractivity contribution in [3.05, 3.63) is 42.0 Å². The van der Waals surface area contributed by atoms with Crippen molar-refractivity contribution in [2.75, 3.05) is 13.1 Å². The molecule has 0 atom stereocenters. The van der Waals surface area contributed by atoms with E-state index in [0.717, 1.165) is 0 Å². The van der Waals surface area contributed by atoms with Crippen LogP contribution in [0.3, 0.4) is 0 Å². The van der Waals surface area contributed by atoms with E-state index in [-0.39, 0.29) is 36.5 Å². The molecule has 1 aromatic heterocycles. The largest absolute Gasteiger partial charge is 0.480 e. The maximum Gasteiger partial charge on any atom is 0.323 e. The second-order valence-corrected chi connectivity index (χ2v) is 5.89. The van der Waals surface area contributed by atoms with Crippen molar-refractivity contribution in [3.8, 4) is 11.5 Å². The van der Waals surface area contributed by atoms with Gasteiger partial charge in [-0.25, -0.2) is 9.37 Å². The van der Waals surface area contributed by atoms with Crippen molar-refractivity contribution in [2.24, 2.45) is 5.92 Å². The van der Waals surface area contributed by atoms with Crippen molar-refractivity contribution in [2.45, 2.75) is 20.3 Å². The molecule has 0 aliphatic carbocycles. The number of carboxylic acid groups (broad SMARTS) is 1. The zero-order valence-corrected chi connectivity index (χ0v) is 13.5. The molecule has 0 saturated carbocycles. The lowest BCUT2D eigenvalue weighted by Crippen LogP contribution is -2.39. The molecule has 0 aliphatic heterocycles. The van der Waals surface area contributed by atoms with Crippen LogP contribution in [0.25, 0.3) is 11.5 Å². The summed E-state index contributed by atoms with van der Waals surface area (Å²) in [6.45, 7) is 3.82. The third kappa shape index (κ3) is 4.91. The van der Waals surface area contributed by atoms with E-state index in [2.05, 4.69) is 4.98 Å². The van der Waals surface area contributed by atoms with Gasteiger partial charge >= 0.3 is 5.97 Å². The van der Waals surface area contributed by atoms with Gasteiger partial charge in [-0.1, -0.05) is 13.8 Å². The normalized spacial score (nSPS) is 10.8. The van der Waals surface area contributed by atoms with Gasteiger partial charge in [0.1, 0.15) is 18.6 Å². The third-order valence-electron chi connectivity index (χ3n) is 3.24. The van der Waals surface area contributed by atoms with Gasteiger partial charge in [-0.3, -0.25) is 9.59 Å². The molecular formula is C17H19FN2O4. The van der Waals surface area contributed by atoms with E-state index < -0.39 is 5.97 Å². The summed E-state index contributed by atoms with van der Waals surface area (Å²) in [6.07, 6.45) is 1.30. The summed E-state index contributed by atoms with van der Waals surface area (Å²) in [7, 11) is 0. The first kappa shape index (κ1) is 17.7. The molecule has 7 heteroatoms. The number of halogens is 1. The van der Waals surface area contributed by atoms with Crippen LogP contribution in [0.1, 0.15) is 19.5 Å². The molecule has 0 unspecified atom stereocenters. The van der Waals surface area contributed by atoms with Crippen molar-refractivity contribution in [1.29, 1.82) is 0 Å². The second kappa shape index (κ2) is 7.72. The van der Waals surface area contributed by atoms with Crippen LogP contribution in [-0.4, -0.2) is 40.0 Å². The second-order valence-electron chi connectivity index (χ2n) is 5.89. The Morgan fingerprint density at radius 1 is 1.29 bits per heavy atom. The van der Waals surface area contributed by atoms with Crippen molar-refractivity contribution >= 4 is 11.9 Å². The Kier molecular flexibility index (Phi) is 5.68. The first-order valence-electron chi connectivity index (χ1n) is 7.55. The van der Waals surface area contributed by atoms with Crippen LogP contribution in [0.2, 0.25) is 0 Å². The van der Waals surface area contributed by atoms with Crippen LogP contribution in [0.5, 0.6) is 0 Å². The molecule has 0 saturated heterocycles. The summed E-state index contributed by atoms with van der Waals surface area (Å²) in [6, 6.07) is 5.65. The van der Waals surface area contributed by atoms with E-state index in [0.29, 0.717) is 17.8 Å². The molecule has 0 radical (unpaired) electrons. The minimum absolute atomic E-state index is 0.0509. The van der Waals surface area contributed by atoms with Gasteiger partial charge in [0.2, 0.25) is 11.8 Å². The first-order chi connectivity index (χ1) is 11.3. The molecule has 0 fully saturated rings. The van der Waals surface area contributed by atoms with E-state index in [4.69, 9.17) is 9.52 Å². The number of carbonyl (C=O) groups is 2. The van der Waals surface area contributed by atoms with Crippen molar-refractivity contribution < 1.29 is 23.5 Å². The van der Waals surface area contributed by atoms with Crippen LogP contribution >= 0.6 is 0 Å². The minimum atomic E-state index is -1.06. The molecular weight excluding hydrogens is 315 g/mol. The number of carbonyl (C=O) groups excluding carboxylic acids is 1. The average molecular weight is 334 g/mol. The number of hydrogen-bond donors (Lipinski definition) is 1. The van der Waals surface area contributed by atoms with E-state index in [1.807, 2.05) is 13.8 Å². The summed E-state index contributed by atoms with van der Waals surface area (Å²) in [5.41, 5.74) is 0.998. The van der Waals surface area contributed by atoms with E-state index >= 15 is 0 Å². The van der Waals surface area contributed by atoms with Gasteiger partial charge in [0, 0.05) is 12.1 Å². The van der Waals surface area contributed by atoms with Crippen molar-refractivity contribution in [1.82, 2.24) is 9.88 Å². The lowest BCUT2D eigenvalue weighted by molar-refractivity contribution is -0.144. The number of carboxylic acids is 1. The molecule has 2 rings (SSSR count). The fourth-order valence-corrected chi connectivity index (χ4v) is 2.24. The molecule has 24 heavy (non-hydrogen) atoms. The molecule has 128 valence electrons. The molecule has 0 bridgehead atoms. The van der Waals surface area contributed by atoms with Gasteiger partial charge in [-0.05, 0) is 30.2 Å². The number of aromatic nitrogens is 1. The Morgan fingerprint density at radius 3 is 2.54 bits per heavy atom. The molecule has 0 spiro atoms. The topological polar surface area (TPSA) is 83.6 Å². The molecule has 1 aromatic carbocycles. The zero-order valence-electron chi connectivity index (χ0n) is 13.5. The molecule has 1 heterocycles. The quantitative estimate of drug-likeness (QED) is 0.841. The third-order valence-corrected chi connectivity index (χ3v) is 3.24. The first-order valence-corrected chi connectivity index (χ1v) is 7.55. The zero-order chi connectivity index (χ0) is 17.7. The predicted molar refractivity (Wildman–Crippen MR) is 84.7 cm³/mol. The summed E-state index contributed by atoms with van der Waals surface area (Å²) in [5, 5.41) is 8.93. The number of hydrogen-bond acceptors (Lipinski definition) is 4. The van der Waals surface area contributed by atoms with Crippen molar-refractivity contribution in [3.63, 3.8) is 0 Å². The number of oxazole rings is 1. The van der Waals surface area contributed by atoms with E-state index in [1.54, 1.807) is 0 Å². The molecule has 2 aromatic rings. The summed E-state index contributed by atoms with van der Waals surface area (Å²) in [5.74, 6) is -1.31. The summed E-state index contributed by atoms with van der Waals surface area (Å²) < 4.78 is 18.2. The van der Waals surface area contributed by atoms with Gasteiger partial charge in [-0.15, -0.1) is 0 Å². The highest BCUT2D eigenvalue weighted by Gasteiger charge is 2.20. The number of nitrogens with zero attached hydrogens (tertiary/aromatic N) is 2. The lowest BCUT2D eigenvalue weighted by Gasteiger charge is -2.22. The summed E-state index contributed by atoms with van der Waals surface area (Å²) >= 11 is 0. The number of amides is 1. The SMILES string of the molecule is CC(C)CN(CC(=O)O)C(=O)Cc1coc(-c2ccc(F)cc2)n1. The Hall–Kier alpha value is -2.70. The van der Waals surface area contributed by atoms with E-state index in [9.17, 15) is 14.0 Å². The Labute approximate surface area is 138 Å². The minimum Gasteiger partial charge on any atom is -0.480 e. The van der Waals surface area contributed by atoms with Gasteiger partial charge in [0.15, 0.2) is 0 Å². The fraction of sp³-hybridized carbons (Fsp3) is 0.353. The maximum atomic E-state index is 12.9. The highest BCUT2D eigenvalue weighted by molar-refractivity contribution is 5.82. The van der Waals surface area contributed by atoms with Crippen LogP contribution < -0.4 is 0 Å². The Morgan fingerprint density at radius 2 is 1.96 bits per heavy atom. The fourth-order valence-electron chi connectivity index (χ4n) is 2.24. The van der Waals surface area contributed by atoms with Crippen LogP contribution in [-0.2, 0) is 16.0 Å². The van der Waals surface area contributed by atoms with Gasteiger partial charge in [-0.2, -0.15) is 0 Å². The smallest absolute Gasteiger partial charge is 0.323 e. The number of benzene rings is 1. The maximum absolute atomic E-state index is 12.9. The molecule has 0 aliphatic rings. The Balaban J connectivity index is 2.07. The van der Waals surface area contributed by atoms with Gasteiger partial charge in [0.25, 0.3) is 0 Å². The van der Waals surface area contributed by atoms with Gasteiger partial charge < -0.3 is 14.4 Å². The highest BCUT2D eigenvalue weighted by Crippen LogP contribution is 2.19. The van der Waals surface area contributed by atoms with Crippen LogP contribution in [0.15, 0.2) is 34.9 Å².